The van der Waals surface area contributed by atoms with Crippen LogP contribution in [0.15, 0.2) is 48.5 Å². The SMILES string of the molecule is O=C(COc1ccccc1)NC[C@@H](c1ccc2c(c1)OCO2)N1CCCC1. The van der Waals surface area contributed by atoms with E-state index in [-0.39, 0.29) is 25.3 Å². The van der Waals surface area contributed by atoms with E-state index in [0.717, 1.165) is 30.2 Å². The van der Waals surface area contributed by atoms with E-state index in [0.29, 0.717) is 12.3 Å². The van der Waals surface area contributed by atoms with Crippen molar-refractivity contribution >= 4 is 5.91 Å². The Morgan fingerprint density at radius 1 is 1.07 bits per heavy atom. The van der Waals surface area contributed by atoms with Crippen molar-refractivity contribution in [2.45, 2.75) is 18.9 Å². The molecule has 4 rings (SSSR count). The highest BCUT2D eigenvalue weighted by Gasteiger charge is 2.26. The van der Waals surface area contributed by atoms with E-state index in [1.54, 1.807) is 0 Å². The van der Waals surface area contributed by atoms with Crippen molar-refractivity contribution in [2.75, 3.05) is 33.0 Å². The zero-order valence-electron chi connectivity index (χ0n) is 15.2. The maximum Gasteiger partial charge on any atom is 0.258 e. The highest BCUT2D eigenvalue weighted by atomic mass is 16.7. The molecule has 0 spiro atoms. The van der Waals surface area contributed by atoms with Gasteiger partial charge in [-0.3, -0.25) is 9.69 Å². The number of hydrogen-bond acceptors (Lipinski definition) is 5. The molecule has 0 bridgehead atoms. The predicted octanol–water partition coefficient (Wildman–Crippen LogP) is 2.75. The standard InChI is InChI=1S/C21H24N2O4/c24-21(14-25-17-6-2-1-3-7-17)22-13-18(23-10-4-5-11-23)16-8-9-19-20(12-16)27-15-26-19/h1-3,6-9,12,18H,4-5,10-11,13-15H2,(H,22,24)/t18-/m0/s1. The van der Waals surface area contributed by atoms with Gasteiger partial charge in [-0.05, 0) is 55.8 Å². The van der Waals surface area contributed by atoms with Gasteiger partial charge in [0.15, 0.2) is 18.1 Å². The van der Waals surface area contributed by atoms with E-state index < -0.39 is 0 Å². The lowest BCUT2D eigenvalue weighted by Gasteiger charge is -2.28. The topological polar surface area (TPSA) is 60.0 Å². The van der Waals surface area contributed by atoms with Crippen molar-refractivity contribution in [3.63, 3.8) is 0 Å². The van der Waals surface area contributed by atoms with Crippen LogP contribution in [0.3, 0.4) is 0 Å². The van der Waals surface area contributed by atoms with Gasteiger partial charge in [-0.2, -0.15) is 0 Å². The number of nitrogens with one attached hydrogen (secondary N) is 1. The number of amides is 1. The van der Waals surface area contributed by atoms with Crippen LogP contribution in [0.5, 0.6) is 17.2 Å². The molecule has 2 aromatic rings. The predicted molar refractivity (Wildman–Crippen MR) is 101 cm³/mol. The lowest BCUT2D eigenvalue weighted by atomic mass is 10.0. The van der Waals surface area contributed by atoms with Crippen LogP contribution in [0, 0.1) is 0 Å². The molecule has 2 aliphatic heterocycles. The Morgan fingerprint density at radius 3 is 2.67 bits per heavy atom. The molecule has 0 aromatic heterocycles. The molecule has 2 heterocycles. The van der Waals surface area contributed by atoms with E-state index in [9.17, 15) is 4.79 Å². The normalized spacial score (nSPS) is 16.9. The van der Waals surface area contributed by atoms with Gasteiger partial charge in [-0.1, -0.05) is 24.3 Å². The molecular weight excluding hydrogens is 344 g/mol. The van der Waals surface area contributed by atoms with Crippen LogP contribution in [0.4, 0.5) is 0 Å². The molecule has 2 aliphatic rings. The Hall–Kier alpha value is -2.73. The van der Waals surface area contributed by atoms with E-state index in [2.05, 4.69) is 16.3 Å². The fourth-order valence-electron chi connectivity index (χ4n) is 3.56. The largest absolute Gasteiger partial charge is 0.484 e. The molecule has 27 heavy (non-hydrogen) atoms. The number of fused-ring (bicyclic) bond motifs is 1. The first-order valence-electron chi connectivity index (χ1n) is 9.38. The summed E-state index contributed by atoms with van der Waals surface area (Å²) >= 11 is 0. The first-order chi connectivity index (χ1) is 13.3. The van der Waals surface area contributed by atoms with Gasteiger partial charge in [0.05, 0.1) is 6.04 Å². The van der Waals surface area contributed by atoms with E-state index >= 15 is 0 Å². The molecule has 0 radical (unpaired) electrons. The Labute approximate surface area is 159 Å². The van der Waals surface area contributed by atoms with Gasteiger partial charge in [0, 0.05) is 6.54 Å². The number of carbonyl (C=O) groups excluding carboxylic acids is 1. The number of rotatable bonds is 7. The Balaban J connectivity index is 1.38. The van der Waals surface area contributed by atoms with E-state index in [1.807, 2.05) is 42.5 Å². The quantitative estimate of drug-likeness (QED) is 0.814. The fourth-order valence-corrected chi connectivity index (χ4v) is 3.56. The third-order valence-electron chi connectivity index (χ3n) is 4.97. The molecule has 1 fully saturated rings. The Bertz CT molecular complexity index is 775. The minimum absolute atomic E-state index is 0.0118. The second kappa shape index (κ2) is 8.31. The lowest BCUT2D eigenvalue weighted by Crippen LogP contribution is -2.38. The minimum atomic E-state index is -0.121. The monoisotopic (exact) mass is 368 g/mol. The molecule has 1 amide bonds. The summed E-state index contributed by atoms with van der Waals surface area (Å²) in [4.78, 5) is 14.7. The zero-order valence-corrected chi connectivity index (χ0v) is 15.2. The van der Waals surface area contributed by atoms with Gasteiger partial charge < -0.3 is 19.5 Å². The maximum absolute atomic E-state index is 12.3. The van der Waals surface area contributed by atoms with Gasteiger partial charge in [0.25, 0.3) is 5.91 Å². The van der Waals surface area contributed by atoms with E-state index in [1.165, 1.54) is 12.8 Å². The number of nitrogens with zero attached hydrogens (tertiary/aromatic N) is 1. The average molecular weight is 368 g/mol. The fraction of sp³-hybridized carbons (Fsp3) is 0.381. The second-order valence-corrected chi connectivity index (χ2v) is 6.78. The van der Waals surface area contributed by atoms with Crippen molar-refractivity contribution < 1.29 is 19.0 Å². The van der Waals surface area contributed by atoms with Crippen LogP contribution in [0.25, 0.3) is 0 Å². The molecule has 6 nitrogen and oxygen atoms in total. The number of hydrogen-bond donors (Lipinski definition) is 1. The summed E-state index contributed by atoms with van der Waals surface area (Å²) in [6, 6.07) is 15.5. The molecule has 1 saturated heterocycles. The summed E-state index contributed by atoms with van der Waals surface area (Å²) in [5.74, 6) is 2.12. The van der Waals surface area contributed by atoms with Gasteiger partial charge in [0.2, 0.25) is 6.79 Å². The Kier molecular flexibility index (Phi) is 5.44. The summed E-state index contributed by atoms with van der Waals surface area (Å²) in [5, 5.41) is 3.02. The molecule has 0 aliphatic carbocycles. The minimum Gasteiger partial charge on any atom is -0.484 e. The number of benzene rings is 2. The molecule has 2 aromatic carbocycles. The van der Waals surface area contributed by atoms with Crippen molar-refractivity contribution in [2.24, 2.45) is 0 Å². The number of ether oxygens (including phenoxy) is 3. The smallest absolute Gasteiger partial charge is 0.258 e. The van der Waals surface area contributed by atoms with Crippen LogP contribution >= 0.6 is 0 Å². The summed E-state index contributed by atoms with van der Waals surface area (Å²) < 4.78 is 16.5. The first-order valence-corrected chi connectivity index (χ1v) is 9.38. The average Bonchev–Trinajstić information content (AvgIpc) is 3.39. The molecule has 0 saturated carbocycles. The maximum atomic E-state index is 12.3. The molecule has 0 unspecified atom stereocenters. The zero-order chi connectivity index (χ0) is 18.5. The van der Waals surface area contributed by atoms with Crippen molar-refractivity contribution in [1.82, 2.24) is 10.2 Å². The van der Waals surface area contributed by atoms with Gasteiger partial charge in [-0.25, -0.2) is 0 Å². The highest BCUT2D eigenvalue weighted by Crippen LogP contribution is 2.36. The van der Waals surface area contributed by atoms with Crippen molar-refractivity contribution in [1.29, 1.82) is 0 Å². The lowest BCUT2D eigenvalue weighted by molar-refractivity contribution is -0.123. The molecule has 1 atom stereocenters. The number of para-hydroxylation sites is 1. The molecule has 142 valence electrons. The van der Waals surface area contributed by atoms with Crippen LogP contribution in [0.1, 0.15) is 24.4 Å². The summed E-state index contributed by atoms with van der Waals surface area (Å²) in [6.07, 6.45) is 2.37. The first kappa shape index (κ1) is 17.7. The highest BCUT2D eigenvalue weighted by molar-refractivity contribution is 5.77. The second-order valence-electron chi connectivity index (χ2n) is 6.78. The summed E-state index contributed by atoms with van der Waals surface area (Å²) in [7, 11) is 0. The van der Waals surface area contributed by atoms with Gasteiger partial charge >= 0.3 is 0 Å². The van der Waals surface area contributed by atoms with Crippen LogP contribution in [-0.2, 0) is 4.79 Å². The number of carbonyl (C=O) groups is 1. The van der Waals surface area contributed by atoms with Gasteiger partial charge in [0.1, 0.15) is 5.75 Å². The van der Waals surface area contributed by atoms with Crippen LogP contribution in [-0.4, -0.2) is 43.8 Å². The summed E-state index contributed by atoms with van der Waals surface area (Å²) in [6.45, 7) is 2.89. The summed E-state index contributed by atoms with van der Waals surface area (Å²) in [5.41, 5.74) is 1.13. The van der Waals surface area contributed by atoms with Crippen molar-refractivity contribution in [3.05, 3.63) is 54.1 Å². The third kappa shape index (κ3) is 4.34. The van der Waals surface area contributed by atoms with Crippen LogP contribution in [0.2, 0.25) is 0 Å². The van der Waals surface area contributed by atoms with Crippen LogP contribution < -0.4 is 19.5 Å². The third-order valence-corrected chi connectivity index (χ3v) is 4.97. The molecular formula is C21H24N2O4. The van der Waals surface area contributed by atoms with Gasteiger partial charge in [-0.15, -0.1) is 0 Å². The molecule has 6 heteroatoms. The Morgan fingerprint density at radius 2 is 1.85 bits per heavy atom. The number of likely N-dealkylation sites (tertiary alicyclic amines) is 1. The van der Waals surface area contributed by atoms with Crippen molar-refractivity contribution in [3.8, 4) is 17.2 Å². The van der Waals surface area contributed by atoms with E-state index in [4.69, 9.17) is 14.2 Å². The molecule has 1 N–H and O–H groups in total.